The molecule has 0 unspecified atom stereocenters. The lowest BCUT2D eigenvalue weighted by atomic mass is 10.0. The van der Waals surface area contributed by atoms with Gasteiger partial charge in [-0.3, -0.25) is 4.79 Å². The number of rotatable bonds is 6. The van der Waals surface area contributed by atoms with Gasteiger partial charge in [-0.25, -0.2) is 4.39 Å². The van der Waals surface area contributed by atoms with Gasteiger partial charge in [-0.05, 0) is 18.2 Å². The van der Waals surface area contributed by atoms with E-state index in [0.717, 1.165) is 10.4 Å². The van der Waals surface area contributed by atoms with E-state index in [-0.39, 0.29) is 22.9 Å². The summed E-state index contributed by atoms with van der Waals surface area (Å²) >= 11 is 6.38. The second-order valence-corrected chi connectivity index (χ2v) is 7.98. The molecule has 33 heavy (non-hydrogen) atoms. The maximum atomic E-state index is 13.7. The standard InChI is InChI=1S/C23H23ClFN4O4/c1-27(31)15-7-8-18(17(24)13-15)28-9-11-29(12-10-28)23(30)21-20(14-25)33-26-22(21)16-5-3-4-6-19(16)32-2/h3-8,13H,9-12,14H2,1-2H3/q+1. The Hall–Kier alpha value is -3.46. The van der Waals surface area contributed by atoms with Crippen LogP contribution in [0, 0.1) is 4.91 Å². The molecular weight excluding hydrogens is 451 g/mol. The van der Waals surface area contributed by atoms with Gasteiger partial charge in [-0.15, -0.1) is 0 Å². The van der Waals surface area contributed by atoms with Crippen molar-refractivity contribution >= 4 is 28.9 Å². The van der Waals surface area contributed by atoms with Crippen LogP contribution in [0.1, 0.15) is 16.1 Å². The highest BCUT2D eigenvalue weighted by atomic mass is 35.5. The first kappa shape index (κ1) is 22.7. The Balaban J connectivity index is 1.55. The van der Waals surface area contributed by atoms with Gasteiger partial charge in [0.25, 0.3) is 11.6 Å². The predicted octanol–water partition coefficient (Wildman–Crippen LogP) is 4.48. The number of aromatic nitrogens is 1. The Morgan fingerprint density at radius 3 is 2.58 bits per heavy atom. The van der Waals surface area contributed by atoms with Gasteiger partial charge in [0.1, 0.15) is 17.0 Å². The quantitative estimate of drug-likeness (QED) is 0.491. The molecule has 8 nitrogen and oxygen atoms in total. The fraction of sp³-hybridized carbons (Fsp3) is 0.304. The second-order valence-electron chi connectivity index (χ2n) is 7.58. The zero-order chi connectivity index (χ0) is 23.5. The van der Waals surface area contributed by atoms with Crippen molar-refractivity contribution < 1.29 is 23.2 Å². The van der Waals surface area contributed by atoms with Crippen molar-refractivity contribution in [2.75, 3.05) is 45.2 Å². The summed E-state index contributed by atoms with van der Waals surface area (Å²) in [6.45, 7) is 0.914. The monoisotopic (exact) mass is 473 g/mol. The summed E-state index contributed by atoms with van der Waals surface area (Å²) in [4.78, 5) is 28.6. The third-order valence-electron chi connectivity index (χ3n) is 5.66. The number of carbonyl (C=O) groups is 1. The van der Waals surface area contributed by atoms with Crippen LogP contribution in [0.2, 0.25) is 5.02 Å². The fourth-order valence-corrected chi connectivity index (χ4v) is 4.21. The molecule has 0 atom stereocenters. The number of methoxy groups -OCH3 is 1. The van der Waals surface area contributed by atoms with Crippen LogP contribution >= 0.6 is 11.6 Å². The molecule has 1 aliphatic rings. The van der Waals surface area contributed by atoms with E-state index in [2.05, 4.69) is 5.16 Å². The van der Waals surface area contributed by atoms with E-state index in [4.69, 9.17) is 20.9 Å². The van der Waals surface area contributed by atoms with E-state index >= 15 is 0 Å². The highest BCUT2D eigenvalue weighted by Crippen LogP contribution is 2.35. The van der Waals surface area contributed by atoms with Crippen LogP contribution in [0.5, 0.6) is 5.75 Å². The van der Waals surface area contributed by atoms with Crippen molar-refractivity contribution in [1.82, 2.24) is 10.1 Å². The number of alkyl halides is 1. The highest BCUT2D eigenvalue weighted by molar-refractivity contribution is 6.33. The number of halogens is 2. The first-order valence-electron chi connectivity index (χ1n) is 10.4. The van der Waals surface area contributed by atoms with Crippen LogP contribution in [0.25, 0.3) is 11.3 Å². The van der Waals surface area contributed by atoms with Crippen molar-refractivity contribution in [2.24, 2.45) is 0 Å². The summed E-state index contributed by atoms with van der Waals surface area (Å²) < 4.78 is 24.9. The van der Waals surface area contributed by atoms with Crippen molar-refractivity contribution in [1.29, 1.82) is 0 Å². The Bertz CT molecular complexity index is 1190. The van der Waals surface area contributed by atoms with Crippen LogP contribution in [-0.2, 0) is 6.67 Å². The van der Waals surface area contributed by atoms with Crippen LogP contribution in [0.15, 0.2) is 47.0 Å². The number of carbonyl (C=O) groups excluding carboxylic acids is 1. The molecule has 1 fully saturated rings. The minimum atomic E-state index is -0.945. The summed E-state index contributed by atoms with van der Waals surface area (Å²) in [5.41, 5.74) is 2.18. The van der Waals surface area contributed by atoms with Crippen LogP contribution in [-0.4, -0.2) is 61.1 Å². The average molecular weight is 474 g/mol. The molecule has 172 valence electrons. The van der Waals surface area contributed by atoms with Crippen LogP contribution < -0.4 is 9.64 Å². The van der Waals surface area contributed by atoms with E-state index < -0.39 is 6.67 Å². The fourth-order valence-electron chi connectivity index (χ4n) is 3.92. The molecule has 10 heteroatoms. The number of anilines is 1. The van der Waals surface area contributed by atoms with E-state index in [9.17, 15) is 14.1 Å². The smallest absolute Gasteiger partial charge is 0.259 e. The van der Waals surface area contributed by atoms with Crippen molar-refractivity contribution in [2.45, 2.75) is 6.67 Å². The number of ether oxygens (including phenoxy) is 1. The SMILES string of the molecule is COc1ccccc1-c1noc(CF)c1C(=O)N1CCN(c2ccc([N+](C)=O)cc2Cl)CC1. The van der Waals surface area contributed by atoms with E-state index in [0.29, 0.717) is 48.2 Å². The average Bonchev–Trinajstić information content (AvgIpc) is 3.27. The summed E-state index contributed by atoms with van der Waals surface area (Å²) in [7, 11) is 2.92. The molecular formula is C23H23ClFN4O4+. The van der Waals surface area contributed by atoms with E-state index in [1.54, 1.807) is 47.4 Å². The lowest BCUT2D eigenvalue weighted by Crippen LogP contribution is -2.49. The maximum Gasteiger partial charge on any atom is 0.259 e. The number of hydrogen-bond acceptors (Lipinski definition) is 6. The van der Waals surface area contributed by atoms with Crippen LogP contribution in [0.4, 0.5) is 15.8 Å². The molecule has 0 radical (unpaired) electrons. The number of amides is 1. The Labute approximate surface area is 195 Å². The van der Waals surface area contributed by atoms with E-state index in [1.165, 1.54) is 14.2 Å². The number of nitrogens with zero attached hydrogens (tertiary/aromatic N) is 4. The summed E-state index contributed by atoms with van der Waals surface area (Å²) in [5.74, 6) is 0.0551. The van der Waals surface area contributed by atoms with Gasteiger partial charge in [0.2, 0.25) is 0 Å². The first-order chi connectivity index (χ1) is 15.9. The van der Waals surface area contributed by atoms with Gasteiger partial charge in [0, 0.05) is 53.5 Å². The molecule has 0 N–H and O–H groups in total. The van der Waals surface area contributed by atoms with Crippen molar-refractivity contribution in [3.8, 4) is 17.0 Å². The molecule has 1 amide bonds. The normalized spacial score (nSPS) is 13.8. The van der Waals surface area contributed by atoms with Gasteiger partial charge in [0.15, 0.2) is 19.5 Å². The summed E-state index contributed by atoms with van der Waals surface area (Å²) in [5, 5.41) is 4.44. The molecule has 1 aliphatic heterocycles. The highest BCUT2D eigenvalue weighted by Gasteiger charge is 2.31. The maximum absolute atomic E-state index is 13.7. The largest absolute Gasteiger partial charge is 0.496 e. The molecule has 0 aliphatic carbocycles. The lowest BCUT2D eigenvalue weighted by Gasteiger charge is -2.36. The number of hydrogen-bond donors (Lipinski definition) is 0. The van der Waals surface area contributed by atoms with Gasteiger partial charge in [0.05, 0.1) is 17.8 Å². The van der Waals surface area contributed by atoms with Gasteiger partial charge in [-0.1, -0.05) is 28.9 Å². The Morgan fingerprint density at radius 1 is 1.21 bits per heavy atom. The predicted molar refractivity (Wildman–Crippen MR) is 122 cm³/mol. The lowest BCUT2D eigenvalue weighted by molar-refractivity contribution is -0.428. The van der Waals surface area contributed by atoms with Crippen molar-refractivity contribution in [3.05, 3.63) is 63.7 Å². The zero-order valence-electron chi connectivity index (χ0n) is 18.3. The topological polar surface area (TPSA) is 78.9 Å². The molecule has 0 bridgehead atoms. The molecule has 0 saturated carbocycles. The first-order valence-corrected chi connectivity index (χ1v) is 10.7. The van der Waals surface area contributed by atoms with Gasteiger partial charge < -0.3 is 19.1 Å². The van der Waals surface area contributed by atoms with Crippen LogP contribution in [0.3, 0.4) is 0 Å². The third-order valence-corrected chi connectivity index (χ3v) is 5.97. The Morgan fingerprint density at radius 2 is 1.94 bits per heavy atom. The molecule has 0 spiro atoms. The molecule has 1 saturated heterocycles. The second kappa shape index (κ2) is 9.58. The number of para-hydroxylation sites is 1. The summed E-state index contributed by atoms with van der Waals surface area (Å²) in [6.07, 6.45) is 0. The minimum absolute atomic E-state index is 0.108. The third kappa shape index (κ3) is 4.41. The van der Waals surface area contributed by atoms with E-state index in [1.807, 2.05) is 4.90 Å². The van der Waals surface area contributed by atoms with Gasteiger partial charge >= 0.3 is 0 Å². The van der Waals surface area contributed by atoms with Gasteiger partial charge in [-0.2, -0.15) is 0 Å². The molecule has 2 heterocycles. The van der Waals surface area contributed by atoms with Crippen molar-refractivity contribution in [3.63, 3.8) is 0 Å². The molecule has 1 aromatic heterocycles. The molecule has 3 aromatic rings. The molecule has 2 aromatic carbocycles. The Kier molecular flexibility index (Phi) is 6.60. The number of nitroso groups, excluding NO2 is 1. The number of piperazine rings is 1. The molecule has 4 rings (SSSR count). The summed E-state index contributed by atoms with van der Waals surface area (Å²) in [6, 6.07) is 12.2. The zero-order valence-corrected chi connectivity index (χ0v) is 19.0. The number of benzene rings is 2. The minimum Gasteiger partial charge on any atom is -0.496 e.